The number of aromatic amines is 1. The number of ether oxygens (including phenoxy) is 1. The van der Waals surface area contributed by atoms with Crippen molar-refractivity contribution in [1.82, 2.24) is 20.3 Å². The van der Waals surface area contributed by atoms with Crippen molar-refractivity contribution < 1.29 is 32.2 Å². The molecule has 8 nitrogen and oxygen atoms in total. The van der Waals surface area contributed by atoms with E-state index in [9.17, 15) is 27.5 Å². The molecule has 1 fully saturated rings. The largest absolute Gasteiger partial charge is 0.416 e. The number of rotatable bonds is 7. The third kappa shape index (κ3) is 5.97. The molecule has 0 aliphatic carbocycles. The van der Waals surface area contributed by atoms with Gasteiger partial charge in [0, 0.05) is 36.6 Å². The maximum atomic E-state index is 14.3. The molecule has 3 heterocycles. The zero-order valence-electron chi connectivity index (χ0n) is 21.1. The lowest BCUT2D eigenvalue weighted by atomic mass is 9.99. The normalized spacial score (nSPS) is 14.7. The first kappa shape index (κ1) is 27.3. The van der Waals surface area contributed by atoms with Gasteiger partial charge in [0.05, 0.1) is 37.1 Å². The Balaban J connectivity index is 1.53. The number of halogens is 4. The van der Waals surface area contributed by atoms with E-state index in [1.54, 1.807) is 24.3 Å². The number of nitrogens with one attached hydrogen (secondary N) is 2. The van der Waals surface area contributed by atoms with Crippen molar-refractivity contribution in [3.05, 3.63) is 89.6 Å². The van der Waals surface area contributed by atoms with Gasteiger partial charge in [-0.05, 0) is 35.4 Å². The number of carbonyl (C=O) groups excluding carboxylic acids is 1. The Morgan fingerprint density at radius 3 is 2.55 bits per heavy atom. The number of hydrogen-bond donors (Lipinski definition) is 3. The van der Waals surface area contributed by atoms with E-state index in [4.69, 9.17) is 4.74 Å². The number of alkyl halides is 3. The van der Waals surface area contributed by atoms with E-state index in [1.165, 1.54) is 18.5 Å². The van der Waals surface area contributed by atoms with E-state index in [-0.39, 0.29) is 29.1 Å². The highest BCUT2D eigenvalue weighted by Gasteiger charge is 2.32. The van der Waals surface area contributed by atoms with Crippen molar-refractivity contribution in [1.29, 1.82) is 0 Å². The predicted octanol–water partition coefficient (Wildman–Crippen LogP) is 4.60. The van der Waals surface area contributed by atoms with Crippen LogP contribution in [0.5, 0.6) is 0 Å². The van der Waals surface area contributed by atoms with Crippen LogP contribution < -0.4 is 10.2 Å². The second kappa shape index (κ2) is 11.4. The van der Waals surface area contributed by atoms with Gasteiger partial charge in [0.25, 0.3) is 5.91 Å². The lowest BCUT2D eigenvalue weighted by Crippen LogP contribution is -2.37. The first-order valence-electron chi connectivity index (χ1n) is 12.5. The fourth-order valence-electron chi connectivity index (χ4n) is 4.45. The van der Waals surface area contributed by atoms with Crippen molar-refractivity contribution >= 4 is 11.9 Å². The van der Waals surface area contributed by atoms with Crippen LogP contribution in [0.25, 0.3) is 22.4 Å². The maximum Gasteiger partial charge on any atom is 0.416 e. The van der Waals surface area contributed by atoms with Crippen LogP contribution in [0.4, 0.5) is 23.5 Å². The second-order valence-electron chi connectivity index (χ2n) is 9.18. The van der Waals surface area contributed by atoms with Crippen molar-refractivity contribution in [2.45, 2.75) is 12.2 Å². The highest BCUT2D eigenvalue weighted by Crippen LogP contribution is 2.37. The number of nitrogens with zero attached hydrogens (tertiary/aromatic N) is 3. The number of aliphatic hydroxyl groups excluding tert-OH is 1. The van der Waals surface area contributed by atoms with E-state index in [0.717, 1.165) is 12.1 Å². The number of aromatic nitrogens is 3. The maximum absolute atomic E-state index is 14.3. The summed E-state index contributed by atoms with van der Waals surface area (Å²) in [7, 11) is 0. The van der Waals surface area contributed by atoms with Gasteiger partial charge in [0.2, 0.25) is 5.95 Å². The molecule has 4 aromatic rings. The number of anilines is 1. The van der Waals surface area contributed by atoms with Crippen LogP contribution in [0.15, 0.2) is 67.0 Å². The number of carbonyl (C=O) groups is 1. The topological polar surface area (TPSA) is 103 Å². The number of amides is 1. The minimum absolute atomic E-state index is 0.0625. The minimum atomic E-state index is -4.76. The Morgan fingerprint density at radius 1 is 1.10 bits per heavy atom. The van der Waals surface area contributed by atoms with Gasteiger partial charge in [0.15, 0.2) is 0 Å². The van der Waals surface area contributed by atoms with Crippen LogP contribution in [0.3, 0.4) is 0 Å². The molecule has 1 aliphatic heterocycles. The van der Waals surface area contributed by atoms with Gasteiger partial charge in [-0.1, -0.05) is 30.3 Å². The van der Waals surface area contributed by atoms with Crippen molar-refractivity contribution in [2.75, 3.05) is 37.8 Å². The predicted molar refractivity (Wildman–Crippen MR) is 139 cm³/mol. The zero-order valence-corrected chi connectivity index (χ0v) is 21.1. The number of benzene rings is 2. The highest BCUT2D eigenvalue weighted by atomic mass is 19.4. The Bertz CT molecular complexity index is 1490. The van der Waals surface area contributed by atoms with Crippen molar-refractivity contribution in [2.24, 2.45) is 0 Å². The minimum Gasteiger partial charge on any atom is -0.394 e. The van der Waals surface area contributed by atoms with Crippen LogP contribution in [-0.4, -0.2) is 58.9 Å². The Morgan fingerprint density at radius 2 is 1.85 bits per heavy atom. The summed E-state index contributed by atoms with van der Waals surface area (Å²) in [6, 6.07) is 12.0. The van der Waals surface area contributed by atoms with Gasteiger partial charge in [-0.25, -0.2) is 14.4 Å². The molecule has 1 amide bonds. The molecule has 40 heavy (non-hydrogen) atoms. The molecular weight excluding hydrogens is 530 g/mol. The van der Waals surface area contributed by atoms with Gasteiger partial charge in [-0.2, -0.15) is 13.2 Å². The molecule has 0 unspecified atom stereocenters. The summed E-state index contributed by atoms with van der Waals surface area (Å²) in [4.78, 5) is 26.7. The molecule has 0 spiro atoms. The molecule has 5 rings (SSSR count). The monoisotopic (exact) mass is 555 g/mol. The van der Waals surface area contributed by atoms with Crippen LogP contribution in [0.1, 0.15) is 27.7 Å². The quantitative estimate of drug-likeness (QED) is 0.288. The molecule has 208 valence electrons. The number of hydrogen-bond acceptors (Lipinski definition) is 6. The van der Waals surface area contributed by atoms with E-state index in [1.807, 2.05) is 11.0 Å². The Hall–Kier alpha value is -4.29. The molecule has 1 atom stereocenters. The molecule has 0 saturated carbocycles. The van der Waals surface area contributed by atoms with Gasteiger partial charge < -0.3 is 25.0 Å². The van der Waals surface area contributed by atoms with E-state index < -0.39 is 29.5 Å². The molecular formula is C28H25F4N5O3. The second-order valence-corrected chi connectivity index (χ2v) is 9.18. The van der Waals surface area contributed by atoms with Crippen molar-refractivity contribution in [3.63, 3.8) is 0 Å². The summed E-state index contributed by atoms with van der Waals surface area (Å²) < 4.78 is 60.1. The number of H-pyrrole nitrogens is 1. The van der Waals surface area contributed by atoms with Crippen LogP contribution in [0.2, 0.25) is 0 Å². The van der Waals surface area contributed by atoms with Gasteiger partial charge in [-0.3, -0.25) is 4.79 Å². The fraction of sp³-hybridized carbons (Fsp3) is 0.250. The van der Waals surface area contributed by atoms with E-state index >= 15 is 0 Å². The summed E-state index contributed by atoms with van der Waals surface area (Å²) in [5.74, 6) is -1.24. The first-order valence-corrected chi connectivity index (χ1v) is 12.5. The molecule has 2 aromatic carbocycles. The lowest BCUT2D eigenvalue weighted by molar-refractivity contribution is -0.137. The third-order valence-corrected chi connectivity index (χ3v) is 6.50. The molecule has 1 aliphatic rings. The molecule has 0 bridgehead atoms. The van der Waals surface area contributed by atoms with E-state index in [0.29, 0.717) is 49.4 Å². The van der Waals surface area contributed by atoms with Gasteiger partial charge in [-0.15, -0.1) is 0 Å². The summed E-state index contributed by atoms with van der Waals surface area (Å²) in [5.41, 5.74) is 0.401. The summed E-state index contributed by atoms with van der Waals surface area (Å²) in [5, 5.41) is 12.6. The molecule has 2 aromatic heterocycles. The summed E-state index contributed by atoms with van der Waals surface area (Å²) in [6.45, 7) is 1.62. The SMILES string of the molecule is O=C(N[C@@H](CO)c1ccccc1)c1cc(-c2nc(N3CCOCC3)ncc2-c2cc(F)cc(C(F)(F)F)c2)c[nH]1. The van der Waals surface area contributed by atoms with Crippen molar-refractivity contribution in [3.8, 4) is 22.4 Å². The molecule has 12 heteroatoms. The number of morpholine rings is 1. The fourth-order valence-corrected chi connectivity index (χ4v) is 4.45. The number of aliphatic hydroxyl groups is 1. The Kier molecular flexibility index (Phi) is 7.81. The average Bonchev–Trinajstić information content (AvgIpc) is 3.46. The van der Waals surface area contributed by atoms with Crippen LogP contribution in [-0.2, 0) is 10.9 Å². The Labute approximate surface area is 226 Å². The van der Waals surface area contributed by atoms with Gasteiger partial charge in [0.1, 0.15) is 11.5 Å². The molecule has 1 saturated heterocycles. The van der Waals surface area contributed by atoms with Crippen LogP contribution >= 0.6 is 0 Å². The standard InChI is InChI=1S/C28H25F4N5O3/c29-21-11-18(10-20(13-21)28(30,31)32)22-15-34-27(37-6-8-40-9-7-37)36-25(22)19-12-23(33-14-19)26(39)35-24(16-38)17-4-2-1-3-5-17/h1-5,10-15,24,33,38H,6-9,16H2,(H,35,39)/t24-/m0/s1. The third-order valence-electron chi connectivity index (χ3n) is 6.50. The van der Waals surface area contributed by atoms with Crippen LogP contribution in [0, 0.1) is 5.82 Å². The lowest BCUT2D eigenvalue weighted by Gasteiger charge is -2.27. The van der Waals surface area contributed by atoms with Gasteiger partial charge >= 0.3 is 6.18 Å². The zero-order chi connectivity index (χ0) is 28.3. The molecule has 3 N–H and O–H groups in total. The summed E-state index contributed by atoms with van der Waals surface area (Å²) >= 11 is 0. The molecule has 0 radical (unpaired) electrons. The smallest absolute Gasteiger partial charge is 0.394 e. The highest BCUT2D eigenvalue weighted by molar-refractivity contribution is 5.95. The average molecular weight is 556 g/mol. The van der Waals surface area contributed by atoms with E-state index in [2.05, 4.69) is 20.3 Å². The summed E-state index contributed by atoms with van der Waals surface area (Å²) in [6.07, 6.45) is -1.91. The first-order chi connectivity index (χ1) is 19.2.